The summed E-state index contributed by atoms with van der Waals surface area (Å²) in [6.45, 7) is 6.21. The highest BCUT2D eigenvalue weighted by Gasteiger charge is 2.66. The van der Waals surface area contributed by atoms with Crippen molar-refractivity contribution < 1.29 is 14.7 Å². The summed E-state index contributed by atoms with van der Waals surface area (Å²) in [4.78, 5) is 24.2. The smallest absolute Gasteiger partial charge is 0.155 e. The van der Waals surface area contributed by atoms with Crippen LogP contribution < -0.4 is 0 Å². The van der Waals surface area contributed by atoms with Crippen LogP contribution in [0.4, 0.5) is 0 Å². The lowest BCUT2D eigenvalue weighted by Crippen LogP contribution is -2.62. The molecule has 0 aliphatic heterocycles. The van der Waals surface area contributed by atoms with E-state index in [2.05, 4.69) is 29.8 Å². The maximum atomic E-state index is 12.3. The van der Waals surface area contributed by atoms with Crippen LogP contribution in [0.2, 0.25) is 0 Å². The van der Waals surface area contributed by atoms with E-state index < -0.39 is 6.10 Å². The van der Waals surface area contributed by atoms with Gasteiger partial charge in [0.2, 0.25) is 0 Å². The number of Topliss-reactive ketones (excluding diaryl/α,β-unsaturated/α-hetero) is 1. The molecule has 0 heterocycles. The molecule has 0 aromatic rings. The Balaban J connectivity index is 1.77. The molecule has 3 nitrogen and oxygen atoms in total. The van der Waals surface area contributed by atoms with Gasteiger partial charge in [0.15, 0.2) is 5.78 Å². The quantitative estimate of drug-likeness (QED) is 0.665. The second kappa shape index (κ2) is 5.76. The van der Waals surface area contributed by atoms with Gasteiger partial charge in [-0.3, -0.25) is 9.59 Å². The molecule has 0 aromatic heterocycles. The van der Waals surface area contributed by atoms with Crippen molar-refractivity contribution in [2.75, 3.05) is 0 Å². The third-order valence-corrected chi connectivity index (χ3v) is 10.0. The van der Waals surface area contributed by atoms with E-state index in [-0.39, 0.29) is 39.1 Å². The largest absolute Gasteiger partial charge is 0.392 e. The van der Waals surface area contributed by atoms with Crippen molar-refractivity contribution in [1.29, 1.82) is 0 Å². The van der Waals surface area contributed by atoms with Gasteiger partial charge >= 0.3 is 0 Å². The molecule has 0 bridgehead atoms. The van der Waals surface area contributed by atoms with Crippen molar-refractivity contribution in [2.45, 2.75) is 70.2 Å². The third-order valence-electron chi connectivity index (χ3n) is 8.49. The van der Waals surface area contributed by atoms with Gasteiger partial charge in [-0.2, -0.15) is 0 Å². The highest BCUT2D eigenvalue weighted by Crippen LogP contribution is 2.67. The first-order valence-electron chi connectivity index (χ1n) is 9.77. The van der Waals surface area contributed by atoms with Crippen molar-refractivity contribution in [2.24, 2.45) is 34.5 Å². The van der Waals surface area contributed by atoms with Crippen molar-refractivity contribution >= 4 is 27.5 Å². The molecular formula is C21H29BrO3. The van der Waals surface area contributed by atoms with Crippen LogP contribution in [0.15, 0.2) is 11.6 Å². The molecule has 1 N–H and O–H groups in total. The molecule has 0 saturated heterocycles. The molecular weight excluding hydrogens is 380 g/mol. The van der Waals surface area contributed by atoms with E-state index in [9.17, 15) is 14.7 Å². The summed E-state index contributed by atoms with van der Waals surface area (Å²) < 4.78 is 0. The van der Waals surface area contributed by atoms with E-state index >= 15 is 0 Å². The molecule has 8 atom stereocenters. The SMILES string of the molecule is CC(=O)C1CCC2C3CCC4=CC(=O)CCC4(C)C3C(O)C(Br)C12C. The summed E-state index contributed by atoms with van der Waals surface area (Å²) >= 11 is 3.85. The molecule has 0 amide bonds. The Morgan fingerprint density at radius 2 is 1.96 bits per heavy atom. The summed E-state index contributed by atoms with van der Waals surface area (Å²) in [5.74, 6) is 1.69. The average molecular weight is 409 g/mol. The normalized spacial score (nSPS) is 52.0. The number of alkyl halides is 1. The standard InChI is InChI=1S/C21H29BrO3/c1-11(23)15-6-7-16-14-5-4-12-10-13(24)8-9-20(12,2)17(14)18(25)19(22)21(15,16)3/h10,14-19,25H,4-9H2,1-3H3. The Hall–Kier alpha value is -0.480. The lowest BCUT2D eigenvalue weighted by atomic mass is 9.46. The minimum atomic E-state index is -0.465. The number of aliphatic hydroxyl groups excluding tert-OH is 1. The number of carbonyl (C=O) groups excluding carboxylic acids is 2. The van der Waals surface area contributed by atoms with Crippen molar-refractivity contribution in [3.05, 3.63) is 11.6 Å². The minimum Gasteiger partial charge on any atom is -0.392 e. The van der Waals surface area contributed by atoms with Crippen LogP contribution >= 0.6 is 15.9 Å². The average Bonchev–Trinajstić information content (AvgIpc) is 2.91. The number of hydrogen-bond donors (Lipinski definition) is 1. The molecule has 4 rings (SSSR count). The van der Waals surface area contributed by atoms with Gasteiger partial charge in [0, 0.05) is 17.2 Å². The lowest BCUT2D eigenvalue weighted by Gasteiger charge is -2.61. The summed E-state index contributed by atoms with van der Waals surface area (Å²) in [5, 5.41) is 11.4. The van der Waals surface area contributed by atoms with E-state index in [1.54, 1.807) is 6.92 Å². The van der Waals surface area contributed by atoms with Crippen LogP contribution in [-0.4, -0.2) is 27.6 Å². The molecule has 0 aromatic carbocycles. The Morgan fingerprint density at radius 3 is 2.64 bits per heavy atom. The molecule has 3 fully saturated rings. The van der Waals surface area contributed by atoms with E-state index in [0.717, 1.165) is 32.1 Å². The highest BCUT2D eigenvalue weighted by atomic mass is 79.9. The molecule has 0 radical (unpaired) electrons. The first-order valence-corrected chi connectivity index (χ1v) is 10.7. The number of rotatable bonds is 1. The van der Waals surface area contributed by atoms with E-state index in [0.29, 0.717) is 18.3 Å². The molecule has 0 spiro atoms. The van der Waals surface area contributed by atoms with Gasteiger partial charge in [0.1, 0.15) is 5.78 Å². The number of carbonyl (C=O) groups is 2. The van der Waals surface area contributed by atoms with Crippen LogP contribution in [-0.2, 0) is 9.59 Å². The predicted molar refractivity (Wildman–Crippen MR) is 100 cm³/mol. The fourth-order valence-corrected chi connectivity index (χ4v) is 8.25. The van der Waals surface area contributed by atoms with E-state index in [1.807, 2.05) is 6.08 Å². The van der Waals surface area contributed by atoms with Gasteiger partial charge in [-0.15, -0.1) is 0 Å². The van der Waals surface area contributed by atoms with Gasteiger partial charge in [-0.1, -0.05) is 35.4 Å². The van der Waals surface area contributed by atoms with Gasteiger partial charge in [0.25, 0.3) is 0 Å². The lowest BCUT2D eigenvalue weighted by molar-refractivity contribution is -0.140. The molecule has 138 valence electrons. The van der Waals surface area contributed by atoms with Gasteiger partial charge in [-0.25, -0.2) is 0 Å². The molecule has 4 heteroatoms. The topological polar surface area (TPSA) is 54.4 Å². The minimum absolute atomic E-state index is 0.0511. The summed E-state index contributed by atoms with van der Waals surface area (Å²) in [5.41, 5.74) is 1.03. The summed E-state index contributed by atoms with van der Waals surface area (Å²) in [7, 11) is 0. The Morgan fingerprint density at radius 1 is 1.24 bits per heavy atom. The van der Waals surface area contributed by atoms with E-state index in [1.165, 1.54) is 5.57 Å². The van der Waals surface area contributed by atoms with Crippen molar-refractivity contribution in [3.63, 3.8) is 0 Å². The number of hydrogen-bond acceptors (Lipinski definition) is 3. The van der Waals surface area contributed by atoms with E-state index in [4.69, 9.17) is 0 Å². The first kappa shape index (κ1) is 17.9. The number of aliphatic hydroxyl groups is 1. The summed E-state index contributed by atoms with van der Waals surface area (Å²) in [6, 6.07) is 0. The second-order valence-corrected chi connectivity index (χ2v) is 10.4. The zero-order valence-corrected chi connectivity index (χ0v) is 17.0. The fraction of sp³-hybridized carbons (Fsp3) is 0.810. The van der Waals surface area contributed by atoms with Crippen LogP contribution in [0.3, 0.4) is 0 Å². The number of ketones is 2. The zero-order valence-electron chi connectivity index (χ0n) is 15.4. The van der Waals surface area contributed by atoms with Crippen LogP contribution in [0.1, 0.15) is 59.3 Å². The van der Waals surface area contributed by atoms with Crippen LogP contribution in [0.5, 0.6) is 0 Å². The summed E-state index contributed by atoms with van der Waals surface area (Å²) in [6.07, 6.45) is 6.92. The molecule has 3 saturated carbocycles. The molecule has 25 heavy (non-hydrogen) atoms. The Bertz CT molecular complexity index is 656. The maximum Gasteiger partial charge on any atom is 0.155 e. The van der Waals surface area contributed by atoms with Gasteiger partial charge in [-0.05, 0) is 73.7 Å². The predicted octanol–water partition coefficient (Wildman–Crippen LogP) is 4.07. The molecule has 4 aliphatic rings. The van der Waals surface area contributed by atoms with Gasteiger partial charge in [0.05, 0.1) is 6.10 Å². The first-order chi connectivity index (χ1) is 11.7. The highest BCUT2D eigenvalue weighted by molar-refractivity contribution is 9.09. The zero-order chi connectivity index (χ0) is 18.1. The number of fused-ring (bicyclic) bond motifs is 5. The van der Waals surface area contributed by atoms with Crippen LogP contribution in [0, 0.1) is 34.5 Å². The fourth-order valence-electron chi connectivity index (χ4n) is 7.26. The Labute approximate surface area is 158 Å². The number of allylic oxidation sites excluding steroid dienone is 1. The van der Waals surface area contributed by atoms with Crippen LogP contribution in [0.25, 0.3) is 0 Å². The number of halogens is 1. The molecule has 8 unspecified atom stereocenters. The van der Waals surface area contributed by atoms with Crippen molar-refractivity contribution in [1.82, 2.24) is 0 Å². The molecule has 4 aliphatic carbocycles. The van der Waals surface area contributed by atoms with Gasteiger partial charge < -0.3 is 5.11 Å². The maximum absolute atomic E-state index is 12.3. The Kier molecular flexibility index (Phi) is 4.12. The third kappa shape index (κ3) is 2.25. The monoisotopic (exact) mass is 408 g/mol. The van der Waals surface area contributed by atoms with Crippen molar-refractivity contribution in [3.8, 4) is 0 Å². The second-order valence-electron chi connectivity index (χ2n) is 9.39.